The molecule has 0 saturated carbocycles. The van der Waals surface area contributed by atoms with Crippen LogP contribution in [0.15, 0.2) is 58.3 Å². The van der Waals surface area contributed by atoms with Crippen molar-refractivity contribution in [2.24, 2.45) is 0 Å². The maximum absolute atomic E-state index is 12.7. The lowest BCUT2D eigenvalue weighted by Crippen LogP contribution is -2.11. The standard InChI is InChI=1S/C20H16N2O4S/c1-12(18-21-22-19(26-18)17-8-5-9-27-17)25-20(23)15-10-13-6-3-4-7-14(13)11-16(15)24-2/h3-12H,1-2H3/t12-/m1/s1. The average molecular weight is 380 g/mol. The Balaban J connectivity index is 1.57. The van der Waals surface area contributed by atoms with Gasteiger partial charge in [0.1, 0.15) is 11.3 Å². The summed E-state index contributed by atoms with van der Waals surface area (Å²) >= 11 is 1.50. The van der Waals surface area contributed by atoms with Crippen molar-refractivity contribution in [2.75, 3.05) is 7.11 Å². The third-order valence-corrected chi connectivity index (χ3v) is 4.95. The van der Waals surface area contributed by atoms with Crippen LogP contribution in [0.25, 0.3) is 21.5 Å². The molecule has 27 heavy (non-hydrogen) atoms. The van der Waals surface area contributed by atoms with Crippen molar-refractivity contribution in [2.45, 2.75) is 13.0 Å². The Kier molecular flexibility index (Phi) is 4.60. The van der Waals surface area contributed by atoms with Gasteiger partial charge in [-0.2, -0.15) is 0 Å². The smallest absolute Gasteiger partial charge is 0.342 e. The van der Waals surface area contributed by atoms with Gasteiger partial charge in [0.25, 0.3) is 11.8 Å². The van der Waals surface area contributed by atoms with Gasteiger partial charge < -0.3 is 13.9 Å². The molecule has 2 heterocycles. The highest BCUT2D eigenvalue weighted by Gasteiger charge is 2.22. The van der Waals surface area contributed by atoms with Crippen LogP contribution in [0.3, 0.4) is 0 Å². The van der Waals surface area contributed by atoms with Gasteiger partial charge in [-0.15, -0.1) is 21.5 Å². The summed E-state index contributed by atoms with van der Waals surface area (Å²) in [6, 6.07) is 15.1. The third kappa shape index (κ3) is 3.41. The van der Waals surface area contributed by atoms with E-state index in [2.05, 4.69) is 10.2 Å². The first-order valence-electron chi connectivity index (χ1n) is 8.31. The summed E-state index contributed by atoms with van der Waals surface area (Å²) in [5.74, 6) is 0.592. The summed E-state index contributed by atoms with van der Waals surface area (Å²) in [5, 5.41) is 11.8. The predicted molar refractivity (Wildman–Crippen MR) is 102 cm³/mol. The molecular weight excluding hydrogens is 364 g/mol. The maximum atomic E-state index is 12.7. The van der Waals surface area contributed by atoms with Gasteiger partial charge >= 0.3 is 5.97 Å². The molecule has 0 aliphatic heterocycles. The zero-order valence-corrected chi connectivity index (χ0v) is 15.5. The molecule has 7 heteroatoms. The minimum atomic E-state index is -0.685. The number of carbonyl (C=O) groups excluding carboxylic acids is 1. The van der Waals surface area contributed by atoms with Gasteiger partial charge in [-0.25, -0.2) is 4.79 Å². The number of benzene rings is 2. The van der Waals surface area contributed by atoms with Gasteiger partial charge in [-0.3, -0.25) is 0 Å². The zero-order valence-electron chi connectivity index (χ0n) is 14.7. The van der Waals surface area contributed by atoms with Crippen molar-refractivity contribution in [3.63, 3.8) is 0 Å². The van der Waals surface area contributed by atoms with Crippen LogP contribution in [0.1, 0.15) is 29.3 Å². The fraction of sp³-hybridized carbons (Fsp3) is 0.150. The Labute approximate surface area is 159 Å². The molecule has 0 N–H and O–H groups in total. The normalized spacial score (nSPS) is 12.1. The van der Waals surface area contributed by atoms with Gasteiger partial charge in [-0.1, -0.05) is 30.3 Å². The number of ether oxygens (including phenoxy) is 2. The number of aromatic nitrogens is 2. The summed E-state index contributed by atoms with van der Waals surface area (Å²) < 4.78 is 16.5. The molecule has 136 valence electrons. The quantitative estimate of drug-likeness (QED) is 0.460. The highest BCUT2D eigenvalue weighted by molar-refractivity contribution is 7.13. The highest BCUT2D eigenvalue weighted by atomic mass is 32.1. The Hall–Kier alpha value is -3.19. The first-order valence-corrected chi connectivity index (χ1v) is 9.18. The Morgan fingerprint density at radius 3 is 2.59 bits per heavy atom. The van der Waals surface area contributed by atoms with E-state index in [-0.39, 0.29) is 5.89 Å². The molecule has 0 amide bonds. The number of rotatable bonds is 5. The topological polar surface area (TPSA) is 74.5 Å². The lowest BCUT2D eigenvalue weighted by molar-refractivity contribution is 0.0276. The summed E-state index contributed by atoms with van der Waals surface area (Å²) in [6.07, 6.45) is -0.685. The molecular formula is C20H16N2O4S. The van der Waals surface area contributed by atoms with Crippen LogP contribution in [0.4, 0.5) is 0 Å². The van der Waals surface area contributed by atoms with Crippen LogP contribution in [-0.2, 0) is 4.74 Å². The maximum Gasteiger partial charge on any atom is 0.342 e. The number of fused-ring (bicyclic) bond motifs is 1. The number of nitrogens with zero attached hydrogens (tertiary/aromatic N) is 2. The van der Waals surface area contributed by atoms with Crippen LogP contribution < -0.4 is 4.74 Å². The van der Waals surface area contributed by atoms with E-state index in [0.29, 0.717) is 17.2 Å². The minimum absolute atomic E-state index is 0.242. The minimum Gasteiger partial charge on any atom is -0.496 e. The van der Waals surface area contributed by atoms with Gasteiger partial charge in [0.05, 0.1) is 12.0 Å². The zero-order chi connectivity index (χ0) is 18.8. The van der Waals surface area contributed by atoms with E-state index in [1.165, 1.54) is 18.4 Å². The van der Waals surface area contributed by atoms with Gasteiger partial charge in [0.2, 0.25) is 0 Å². The molecule has 0 aliphatic carbocycles. The van der Waals surface area contributed by atoms with Crippen molar-refractivity contribution >= 4 is 28.1 Å². The van der Waals surface area contributed by atoms with Crippen LogP contribution in [0.2, 0.25) is 0 Å². The molecule has 0 fully saturated rings. The van der Waals surface area contributed by atoms with Crippen molar-refractivity contribution < 1.29 is 18.7 Å². The van der Waals surface area contributed by atoms with Crippen molar-refractivity contribution in [1.82, 2.24) is 10.2 Å². The summed E-state index contributed by atoms with van der Waals surface area (Å²) in [4.78, 5) is 13.6. The molecule has 0 radical (unpaired) electrons. The molecule has 0 bridgehead atoms. The SMILES string of the molecule is COc1cc2ccccc2cc1C(=O)O[C@H](C)c1nnc(-c2cccs2)o1. The first kappa shape index (κ1) is 17.2. The van der Waals surface area contributed by atoms with Crippen molar-refractivity contribution in [3.05, 3.63) is 65.4 Å². The van der Waals surface area contributed by atoms with E-state index >= 15 is 0 Å². The molecule has 0 aliphatic rings. The molecule has 0 spiro atoms. The Bertz CT molecular complexity index is 1090. The molecule has 6 nitrogen and oxygen atoms in total. The molecule has 2 aromatic carbocycles. The van der Waals surface area contributed by atoms with Gasteiger partial charge in [0, 0.05) is 0 Å². The van der Waals surface area contributed by atoms with Gasteiger partial charge in [-0.05, 0) is 41.3 Å². The Morgan fingerprint density at radius 2 is 1.89 bits per heavy atom. The summed E-state index contributed by atoms with van der Waals surface area (Å²) in [6.45, 7) is 1.69. The second-order valence-corrected chi connectivity index (χ2v) is 6.82. The number of hydrogen-bond acceptors (Lipinski definition) is 7. The van der Waals surface area contributed by atoms with E-state index < -0.39 is 12.1 Å². The highest BCUT2D eigenvalue weighted by Crippen LogP contribution is 2.29. The summed E-state index contributed by atoms with van der Waals surface area (Å²) in [5.41, 5.74) is 0.348. The lowest BCUT2D eigenvalue weighted by atomic mass is 10.1. The molecule has 4 rings (SSSR count). The van der Waals surface area contributed by atoms with E-state index in [1.807, 2.05) is 47.8 Å². The second kappa shape index (κ2) is 7.20. The van der Waals surface area contributed by atoms with E-state index in [0.717, 1.165) is 15.6 Å². The van der Waals surface area contributed by atoms with Crippen LogP contribution in [0.5, 0.6) is 5.75 Å². The monoisotopic (exact) mass is 380 g/mol. The number of hydrogen-bond donors (Lipinski definition) is 0. The molecule has 1 atom stereocenters. The van der Waals surface area contributed by atoms with Crippen LogP contribution in [-0.4, -0.2) is 23.3 Å². The van der Waals surface area contributed by atoms with Crippen LogP contribution >= 0.6 is 11.3 Å². The molecule has 0 unspecified atom stereocenters. The van der Waals surface area contributed by atoms with Gasteiger partial charge in [0.15, 0.2) is 6.10 Å². The largest absolute Gasteiger partial charge is 0.496 e. The third-order valence-electron chi connectivity index (χ3n) is 4.09. The number of methoxy groups -OCH3 is 1. The van der Waals surface area contributed by atoms with E-state index in [4.69, 9.17) is 13.9 Å². The number of esters is 1. The molecule has 2 aromatic heterocycles. The molecule has 4 aromatic rings. The Morgan fingerprint density at radius 1 is 1.11 bits per heavy atom. The lowest BCUT2D eigenvalue weighted by Gasteiger charge is -2.13. The fourth-order valence-corrected chi connectivity index (χ4v) is 3.37. The predicted octanol–water partition coefficient (Wildman–Crippen LogP) is 4.88. The average Bonchev–Trinajstić information content (AvgIpc) is 3.38. The van der Waals surface area contributed by atoms with Crippen LogP contribution in [0, 0.1) is 0 Å². The number of thiophene rings is 1. The van der Waals surface area contributed by atoms with Crippen molar-refractivity contribution in [3.8, 4) is 16.5 Å². The summed E-state index contributed by atoms with van der Waals surface area (Å²) in [7, 11) is 1.52. The van der Waals surface area contributed by atoms with Crippen molar-refractivity contribution in [1.29, 1.82) is 0 Å². The van der Waals surface area contributed by atoms with E-state index in [1.54, 1.807) is 13.0 Å². The first-order chi connectivity index (χ1) is 13.2. The van der Waals surface area contributed by atoms with E-state index in [9.17, 15) is 4.79 Å². The second-order valence-electron chi connectivity index (χ2n) is 5.87. The number of carbonyl (C=O) groups is 1. The molecule has 0 saturated heterocycles. The fourth-order valence-electron chi connectivity index (χ4n) is 2.72.